The van der Waals surface area contributed by atoms with Crippen LogP contribution in [0.4, 0.5) is 12.9 Å². The van der Waals surface area contributed by atoms with Gasteiger partial charge in [0.2, 0.25) is 0 Å². The Labute approximate surface area is 28.0 Å². The quantitative estimate of drug-likeness (QED) is 0.308. The fourth-order valence-electron chi connectivity index (χ4n) is 0. The van der Waals surface area contributed by atoms with Gasteiger partial charge in [-0.3, -0.25) is 0 Å². The first-order chi connectivity index (χ1) is 2.00. The number of hydrogen-bond donors (Lipinski definition) is 0. The van der Waals surface area contributed by atoms with Crippen LogP contribution in [-0.2, 0) is 0 Å². The third-order valence-electron chi connectivity index (χ3n) is 0. The molecule has 0 fully saturated rings. The highest BCUT2D eigenvalue weighted by Gasteiger charge is 2.11. The molecule has 4 heteroatoms. The van der Waals surface area contributed by atoms with Crippen molar-refractivity contribution in [2.75, 3.05) is 0 Å². The van der Waals surface area contributed by atoms with Gasteiger partial charge < -0.3 is 12.9 Å². The first kappa shape index (κ1) is 4.85. The van der Waals surface area contributed by atoms with Gasteiger partial charge in [0.1, 0.15) is 0 Å². The molecule has 0 unspecified atom stereocenters. The maximum Gasteiger partial charge on any atom is 0.475 e. The van der Waals surface area contributed by atoms with Gasteiger partial charge >= 0.3 is 6.98 Å². The van der Waals surface area contributed by atoms with Gasteiger partial charge in [0, 0.05) is 0 Å². The summed E-state index contributed by atoms with van der Waals surface area (Å²) in [5.41, 5.74) is 0. The van der Waals surface area contributed by atoms with Gasteiger partial charge in [0.25, 0.3) is 0 Å². The van der Waals surface area contributed by atoms with Crippen LogP contribution in [0.3, 0.4) is 0 Å². The minimum atomic E-state index is -4.50. The molecule has 0 spiro atoms. The van der Waals surface area contributed by atoms with Crippen molar-refractivity contribution in [3.05, 3.63) is 0 Å². The second-order valence-corrected chi connectivity index (χ2v) is 0.902. The van der Waals surface area contributed by atoms with Gasteiger partial charge in [-0.05, 0) is 0 Å². The molecule has 0 atom stereocenters. The van der Waals surface area contributed by atoms with Crippen molar-refractivity contribution >= 4 is 6.98 Å². The largest absolute Gasteiger partial charge is 0.475 e. The first-order valence-electron chi connectivity index (χ1n) is 1.23. The molecule has 0 aromatic rings. The van der Waals surface area contributed by atoms with Gasteiger partial charge in [-0.25, -0.2) is 0 Å². The highest BCUT2D eigenvalue weighted by Crippen LogP contribution is 2.03. The molecule has 32 valence electrons. The van der Waals surface area contributed by atoms with Crippen molar-refractivity contribution in [1.29, 1.82) is 0 Å². The van der Waals surface area contributed by atoms with Gasteiger partial charge in [0.15, 0.2) is 0 Å². The Hall–Kier alpha value is -0.145. The smallest absolute Gasteiger partial charge is 0.449 e. The molecule has 0 radical (unpaired) electrons. The van der Waals surface area contributed by atoms with Crippen LogP contribution in [0.5, 0.6) is 0 Å². The zero-order chi connectivity index (χ0) is 4.50. The van der Waals surface area contributed by atoms with Crippen LogP contribution in [0.1, 0.15) is 0 Å². The lowest BCUT2D eigenvalue weighted by molar-refractivity contribution is 0.487. The maximum atomic E-state index is 10.4. The SMILES string of the molecule is [13CH3][B-](F)(F)F. The average Bonchev–Trinajstić information content (AvgIpc) is 0.722. The van der Waals surface area contributed by atoms with E-state index in [-0.39, 0.29) is 6.82 Å². The van der Waals surface area contributed by atoms with E-state index >= 15 is 0 Å². The molecule has 0 heterocycles. The fraction of sp³-hybridized carbons (Fsp3) is 1.00. The van der Waals surface area contributed by atoms with Crippen molar-refractivity contribution in [2.24, 2.45) is 0 Å². The highest BCUT2D eigenvalue weighted by atomic mass is 19.4. The Bertz CT molecular complexity index is 22.4. The van der Waals surface area contributed by atoms with Crippen LogP contribution in [0, 0.1) is 0 Å². The second kappa shape index (κ2) is 0.917. The number of halogens is 3. The molecule has 0 N–H and O–H groups in total. The summed E-state index contributed by atoms with van der Waals surface area (Å²) < 4.78 is 31.2. The summed E-state index contributed by atoms with van der Waals surface area (Å²) in [6, 6.07) is 0. The molecule has 5 heavy (non-hydrogen) atoms. The first-order valence-corrected chi connectivity index (χ1v) is 1.23. The van der Waals surface area contributed by atoms with Crippen molar-refractivity contribution in [3.63, 3.8) is 0 Å². The topological polar surface area (TPSA) is 0 Å². The van der Waals surface area contributed by atoms with E-state index in [1.165, 1.54) is 0 Å². The molecule has 0 aromatic heterocycles. The zero-order valence-electron chi connectivity index (χ0n) is 2.71. The predicted molar refractivity (Wildman–Crippen MR) is 14.9 cm³/mol. The average molecular weight is 83.8 g/mol. The van der Waals surface area contributed by atoms with E-state index < -0.39 is 6.98 Å². The van der Waals surface area contributed by atoms with E-state index in [4.69, 9.17) is 0 Å². The van der Waals surface area contributed by atoms with Crippen LogP contribution in [-0.4, -0.2) is 6.98 Å². The molecule has 0 nitrogen and oxygen atoms in total. The lowest BCUT2D eigenvalue weighted by Gasteiger charge is -1.99. The van der Waals surface area contributed by atoms with E-state index in [0.29, 0.717) is 0 Å². The van der Waals surface area contributed by atoms with E-state index in [9.17, 15) is 12.9 Å². The monoisotopic (exact) mass is 84.0 g/mol. The third kappa shape index (κ3) is 630. The lowest BCUT2D eigenvalue weighted by atomic mass is 10.1. The van der Waals surface area contributed by atoms with Crippen LogP contribution in [0.25, 0.3) is 0 Å². The van der Waals surface area contributed by atoms with Crippen molar-refractivity contribution in [2.45, 2.75) is 6.82 Å². The predicted octanol–water partition coefficient (Wildman–Crippen LogP) is 1.46. The standard InChI is InChI=1S/CH3BF3/c1-2(3,4)5/h1H3/q-1/i1+1. The Kier molecular flexibility index (Phi) is 0.890. The lowest BCUT2D eigenvalue weighted by Crippen LogP contribution is -2.04. The molecule has 0 saturated carbocycles. The summed E-state index contributed by atoms with van der Waals surface area (Å²) in [4.78, 5) is 0. The van der Waals surface area contributed by atoms with Gasteiger partial charge in [0.05, 0.1) is 0 Å². The molecule has 0 bridgehead atoms. The van der Waals surface area contributed by atoms with Crippen LogP contribution in [0.15, 0.2) is 0 Å². The molecule has 0 aliphatic heterocycles. The molecule has 0 rings (SSSR count). The highest BCUT2D eigenvalue weighted by molar-refractivity contribution is 6.56. The summed E-state index contributed by atoms with van der Waals surface area (Å²) in [6.45, 7) is -4.25. The second-order valence-electron chi connectivity index (χ2n) is 0.902. The Morgan fingerprint density at radius 1 is 1.20 bits per heavy atom. The van der Waals surface area contributed by atoms with E-state index in [1.54, 1.807) is 0 Å². The van der Waals surface area contributed by atoms with Gasteiger partial charge in [-0.2, -0.15) is 0 Å². The maximum absolute atomic E-state index is 10.4. The van der Waals surface area contributed by atoms with Crippen LogP contribution >= 0.6 is 0 Å². The number of rotatable bonds is 0. The van der Waals surface area contributed by atoms with Crippen molar-refractivity contribution in [1.82, 2.24) is 0 Å². The van der Waals surface area contributed by atoms with E-state index in [0.717, 1.165) is 0 Å². The molecular formula is CH3BF3-. The molecular weight excluding hydrogens is 80.8 g/mol. The minimum Gasteiger partial charge on any atom is -0.449 e. The van der Waals surface area contributed by atoms with E-state index in [1.807, 2.05) is 0 Å². The molecule has 0 saturated heterocycles. The van der Waals surface area contributed by atoms with Crippen LogP contribution < -0.4 is 0 Å². The Morgan fingerprint density at radius 2 is 1.20 bits per heavy atom. The molecule has 0 aliphatic rings. The van der Waals surface area contributed by atoms with Crippen molar-refractivity contribution in [3.8, 4) is 0 Å². The Balaban J connectivity index is 3.02. The zero-order valence-corrected chi connectivity index (χ0v) is 2.71. The van der Waals surface area contributed by atoms with Crippen molar-refractivity contribution < 1.29 is 12.9 Å². The van der Waals surface area contributed by atoms with Crippen LogP contribution in [0.2, 0.25) is 6.82 Å². The molecule has 0 amide bonds. The summed E-state index contributed by atoms with van der Waals surface area (Å²) in [6.07, 6.45) is 0. The minimum absolute atomic E-state index is 0.250. The van der Waals surface area contributed by atoms with Gasteiger partial charge in [-0.1, -0.05) is 6.82 Å². The molecule has 0 aromatic carbocycles. The number of hydrogen-bond acceptors (Lipinski definition) is 0. The summed E-state index contributed by atoms with van der Waals surface area (Å²) in [5.74, 6) is 0. The van der Waals surface area contributed by atoms with E-state index in [2.05, 4.69) is 0 Å². The summed E-state index contributed by atoms with van der Waals surface area (Å²) >= 11 is 0. The molecule has 0 aliphatic carbocycles. The summed E-state index contributed by atoms with van der Waals surface area (Å²) in [5, 5.41) is 0. The normalized spacial score (nSPS) is 12.0. The van der Waals surface area contributed by atoms with Gasteiger partial charge in [-0.15, -0.1) is 0 Å². The Morgan fingerprint density at radius 3 is 1.20 bits per heavy atom. The summed E-state index contributed by atoms with van der Waals surface area (Å²) in [7, 11) is 0. The fourth-order valence-corrected chi connectivity index (χ4v) is 0. The third-order valence-corrected chi connectivity index (χ3v) is 0.